The van der Waals surface area contributed by atoms with Crippen LogP contribution in [0.5, 0.6) is 0 Å². The van der Waals surface area contributed by atoms with Crippen molar-refractivity contribution in [1.82, 2.24) is 10.0 Å². The first kappa shape index (κ1) is 15.3. The van der Waals surface area contributed by atoms with E-state index in [9.17, 15) is 9.59 Å². The SMILES string of the molecule is O=C[C@H](Cc1ccccc1)NC(=O)C1=Nc2ccccc2SN1. The fourth-order valence-electron chi connectivity index (χ4n) is 2.22. The summed E-state index contributed by atoms with van der Waals surface area (Å²) in [7, 11) is 0. The number of carbonyl (C=O) groups is 2. The first-order chi connectivity index (χ1) is 11.3. The van der Waals surface area contributed by atoms with Crippen molar-refractivity contribution in [2.24, 2.45) is 4.99 Å². The third-order valence-corrected chi connectivity index (χ3v) is 4.21. The van der Waals surface area contributed by atoms with Crippen LogP contribution in [0.1, 0.15) is 5.56 Å². The number of hydrogen-bond donors (Lipinski definition) is 2. The molecular weight excluding hydrogens is 310 g/mol. The predicted molar refractivity (Wildman–Crippen MR) is 90.7 cm³/mol. The van der Waals surface area contributed by atoms with Crippen molar-refractivity contribution in [3.63, 3.8) is 0 Å². The summed E-state index contributed by atoms with van der Waals surface area (Å²) >= 11 is 1.33. The average Bonchev–Trinajstić information content (AvgIpc) is 2.61. The van der Waals surface area contributed by atoms with Gasteiger partial charge in [-0.1, -0.05) is 42.5 Å². The zero-order valence-electron chi connectivity index (χ0n) is 12.2. The Morgan fingerprint density at radius 3 is 2.70 bits per heavy atom. The number of para-hydroxylation sites is 1. The van der Waals surface area contributed by atoms with Crippen LogP contribution in [0.3, 0.4) is 0 Å². The van der Waals surface area contributed by atoms with E-state index in [1.165, 1.54) is 11.9 Å². The number of hydrogen-bond acceptors (Lipinski definition) is 5. The van der Waals surface area contributed by atoms with Gasteiger partial charge in [-0.3, -0.25) is 4.79 Å². The highest BCUT2D eigenvalue weighted by Crippen LogP contribution is 2.30. The molecule has 0 saturated carbocycles. The molecule has 5 nitrogen and oxygen atoms in total. The fraction of sp³-hybridized carbons (Fsp3) is 0.118. The number of amides is 1. The molecule has 2 aromatic rings. The Bertz CT molecular complexity index is 747. The number of rotatable bonds is 5. The molecule has 6 heteroatoms. The van der Waals surface area contributed by atoms with Crippen LogP contribution in [0.4, 0.5) is 5.69 Å². The number of benzene rings is 2. The molecule has 0 saturated heterocycles. The van der Waals surface area contributed by atoms with Gasteiger partial charge in [-0.15, -0.1) is 0 Å². The Morgan fingerprint density at radius 2 is 1.91 bits per heavy atom. The Balaban J connectivity index is 1.69. The lowest BCUT2D eigenvalue weighted by Gasteiger charge is -2.18. The largest absolute Gasteiger partial charge is 0.340 e. The van der Waals surface area contributed by atoms with Gasteiger partial charge in [0.05, 0.1) is 16.6 Å². The average molecular weight is 325 g/mol. The molecule has 0 fully saturated rings. The highest BCUT2D eigenvalue weighted by atomic mass is 32.2. The summed E-state index contributed by atoms with van der Waals surface area (Å²) < 4.78 is 2.91. The van der Waals surface area contributed by atoms with Crippen LogP contribution in [0, 0.1) is 0 Å². The van der Waals surface area contributed by atoms with Crippen LogP contribution < -0.4 is 10.0 Å². The summed E-state index contributed by atoms with van der Waals surface area (Å²) in [5, 5.41) is 2.70. The van der Waals surface area contributed by atoms with E-state index in [0.29, 0.717) is 6.42 Å². The summed E-state index contributed by atoms with van der Waals surface area (Å²) in [6, 6.07) is 16.5. The topological polar surface area (TPSA) is 70.6 Å². The Kier molecular flexibility index (Phi) is 4.73. The van der Waals surface area contributed by atoms with Gasteiger partial charge in [0.1, 0.15) is 6.29 Å². The third kappa shape index (κ3) is 3.78. The normalized spacial score (nSPS) is 14.0. The maximum Gasteiger partial charge on any atom is 0.288 e. The lowest BCUT2D eigenvalue weighted by Crippen LogP contribution is -2.45. The summed E-state index contributed by atoms with van der Waals surface area (Å²) in [6.45, 7) is 0. The number of aldehydes is 1. The van der Waals surface area contributed by atoms with Crippen molar-refractivity contribution in [2.75, 3.05) is 0 Å². The Hall–Kier alpha value is -2.60. The Morgan fingerprint density at radius 1 is 1.17 bits per heavy atom. The lowest BCUT2D eigenvalue weighted by atomic mass is 10.1. The van der Waals surface area contributed by atoms with E-state index in [2.05, 4.69) is 15.0 Å². The van der Waals surface area contributed by atoms with Gasteiger partial charge in [-0.25, -0.2) is 4.99 Å². The molecule has 2 aromatic carbocycles. The second-order valence-electron chi connectivity index (χ2n) is 5.04. The van der Waals surface area contributed by atoms with Crippen LogP contribution in [0.25, 0.3) is 0 Å². The molecule has 3 rings (SSSR count). The summed E-state index contributed by atoms with van der Waals surface area (Å²) in [6.07, 6.45) is 1.20. The van der Waals surface area contributed by atoms with Crippen molar-refractivity contribution in [1.29, 1.82) is 0 Å². The lowest BCUT2D eigenvalue weighted by molar-refractivity contribution is -0.118. The minimum atomic E-state index is -0.587. The van der Waals surface area contributed by atoms with Gasteiger partial charge in [0.25, 0.3) is 5.91 Å². The van der Waals surface area contributed by atoms with E-state index in [1.54, 1.807) is 0 Å². The van der Waals surface area contributed by atoms with Crippen molar-refractivity contribution in [3.8, 4) is 0 Å². The van der Waals surface area contributed by atoms with Gasteiger partial charge >= 0.3 is 0 Å². The predicted octanol–water partition coefficient (Wildman–Crippen LogP) is 2.25. The zero-order valence-corrected chi connectivity index (χ0v) is 13.0. The van der Waals surface area contributed by atoms with Crippen LogP contribution in [-0.2, 0) is 16.0 Å². The summed E-state index contributed by atoms with van der Waals surface area (Å²) in [4.78, 5) is 28.8. The molecule has 1 aliphatic heterocycles. The second kappa shape index (κ2) is 7.11. The highest BCUT2D eigenvalue weighted by Gasteiger charge is 2.20. The number of fused-ring (bicyclic) bond motifs is 1. The minimum absolute atomic E-state index is 0.202. The maximum absolute atomic E-state index is 12.3. The zero-order chi connectivity index (χ0) is 16.1. The van der Waals surface area contributed by atoms with Gasteiger partial charge < -0.3 is 14.8 Å². The van der Waals surface area contributed by atoms with Crippen molar-refractivity contribution < 1.29 is 9.59 Å². The Labute approximate surface area is 138 Å². The third-order valence-electron chi connectivity index (χ3n) is 3.35. The fourth-order valence-corrected chi connectivity index (χ4v) is 2.93. The molecule has 0 unspecified atom stereocenters. The molecule has 1 amide bonds. The van der Waals surface area contributed by atoms with Crippen LogP contribution in [0.2, 0.25) is 0 Å². The number of nitrogens with zero attached hydrogens (tertiary/aromatic N) is 1. The molecule has 0 radical (unpaired) electrons. The van der Waals surface area contributed by atoms with E-state index in [0.717, 1.165) is 22.4 Å². The quantitative estimate of drug-likeness (QED) is 0.653. The molecule has 0 aromatic heterocycles. The van der Waals surface area contributed by atoms with Crippen LogP contribution in [0.15, 0.2) is 64.5 Å². The summed E-state index contributed by atoms with van der Waals surface area (Å²) in [5.74, 6) is -0.186. The number of amidine groups is 1. The van der Waals surface area contributed by atoms with Gasteiger partial charge in [-0.05, 0) is 36.1 Å². The second-order valence-corrected chi connectivity index (χ2v) is 5.89. The van der Waals surface area contributed by atoms with Gasteiger partial charge in [0.2, 0.25) is 5.84 Å². The van der Waals surface area contributed by atoms with Crippen molar-refractivity contribution >= 4 is 35.7 Å². The van der Waals surface area contributed by atoms with Crippen LogP contribution in [-0.4, -0.2) is 24.1 Å². The van der Waals surface area contributed by atoms with Gasteiger partial charge in [0, 0.05) is 0 Å². The van der Waals surface area contributed by atoms with E-state index in [4.69, 9.17) is 0 Å². The molecule has 0 spiro atoms. The van der Waals surface area contributed by atoms with E-state index >= 15 is 0 Å². The molecule has 1 aliphatic rings. The van der Waals surface area contributed by atoms with Crippen LogP contribution >= 0.6 is 11.9 Å². The van der Waals surface area contributed by atoms with Gasteiger partial charge in [0.15, 0.2) is 0 Å². The maximum atomic E-state index is 12.3. The molecule has 2 N–H and O–H groups in total. The van der Waals surface area contributed by atoms with E-state index < -0.39 is 6.04 Å². The highest BCUT2D eigenvalue weighted by molar-refractivity contribution is 7.98. The standard InChI is InChI=1S/C17H15N3O2S/c21-11-13(10-12-6-2-1-3-7-12)18-17(22)16-19-14-8-4-5-9-15(14)23-20-16/h1-9,11,13H,10H2,(H,18,22)(H,19,20)/t13-/m0/s1. The number of nitrogens with one attached hydrogen (secondary N) is 2. The van der Waals surface area contributed by atoms with E-state index in [1.807, 2.05) is 54.6 Å². The molecule has 0 aliphatic carbocycles. The first-order valence-electron chi connectivity index (χ1n) is 7.17. The monoisotopic (exact) mass is 325 g/mol. The van der Waals surface area contributed by atoms with E-state index in [-0.39, 0.29) is 11.7 Å². The van der Waals surface area contributed by atoms with Crippen molar-refractivity contribution in [3.05, 3.63) is 60.2 Å². The molecule has 23 heavy (non-hydrogen) atoms. The molecule has 0 bridgehead atoms. The number of aliphatic imine (C=N–C) groups is 1. The molecular formula is C17H15N3O2S. The number of carbonyl (C=O) groups excluding carboxylic acids is 2. The smallest absolute Gasteiger partial charge is 0.288 e. The summed E-state index contributed by atoms with van der Waals surface area (Å²) in [5.41, 5.74) is 1.73. The van der Waals surface area contributed by atoms with Crippen molar-refractivity contribution in [2.45, 2.75) is 17.4 Å². The first-order valence-corrected chi connectivity index (χ1v) is 7.98. The molecule has 1 heterocycles. The molecule has 116 valence electrons. The van der Waals surface area contributed by atoms with Gasteiger partial charge in [-0.2, -0.15) is 0 Å². The minimum Gasteiger partial charge on any atom is -0.340 e. The molecule has 1 atom stereocenters.